The number of ether oxygens (including phenoxy) is 2. The first-order chi connectivity index (χ1) is 12.9. The standard InChI is InChI=1S/C20H20O7/c1-26-17(12-21)20(25,18(23)14-8-4-2-5-9-14)16(22)13-27-19(24)15-10-6-3-7-11-15/h2-12,16-17,22,25H,13H2,1H3/t16-,17+,20-/m1/s1. The largest absolute Gasteiger partial charge is 0.459 e. The summed E-state index contributed by atoms with van der Waals surface area (Å²) in [5, 5.41) is 21.3. The highest BCUT2D eigenvalue weighted by Gasteiger charge is 2.51. The van der Waals surface area contributed by atoms with Crippen molar-refractivity contribution in [2.75, 3.05) is 13.7 Å². The maximum absolute atomic E-state index is 12.8. The van der Waals surface area contributed by atoms with Gasteiger partial charge in [0.1, 0.15) is 12.7 Å². The first-order valence-corrected chi connectivity index (χ1v) is 8.15. The van der Waals surface area contributed by atoms with Gasteiger partial charge in [0.15, 0.2) is 23.8 Å². The molecule has 2 rings (SSSR count). The minimum atomic E-state index is -2.63. The highest BCUT2D eigenvalue weighted by atomic mass is 16.5. The third kappa shape index (κ3) is 4.46. The molecule has 2 N–H and O–H groups in total. The molecule has 0 spiro atoms. The molecule has 0 saturated heterocycles. The van der Waals surface area contributed by atoms with Crippen molar-refractivity contribution in [1.29, 1.82) is 0 Å². The van der Waals surface area contributed by atoms with E-state index in [9.17, 15) is 24.6 Å². The smallest absolute Gasteiger partial charge is 0.338 e. The molecule has 142 valence electrons. The third-order valence-corrected chi connectivity index (χ3v) is 4.10. The number of aldehydes is 1. The molecule has 27 heavy (non-hydrogen) atoms. The number of carbonyl (C=O) groups is 3. The van der Waals surface area contributed by atoms with Crippen molar-refractivity contribution in [2.45, 2.75) is 17.8 Å². The van der Waals surface area contributed by atoms with Gasteiger partial charge in [-0.1, -0.05) is 48.5 Å². The number of hydrogen-bond acceptors (Lipinski definition) is 7. The topological polar surface area (TPSA) is 110 Å². The number of aliphatic hydroxyl groups is 2. The average Bonchev–Trinajstić information content (AvgIpc) is 2.73. The highest BCUT2D eigenvalue weighted by Crippen LogP contribution is 2.24. The van der Waals surface area contributed by atoms with Crippen LogP contribution in [0.4, 0.5) is 0 Å². The lowest BCUT2D eigenvalue weighted by molar-refractivity contribution is -0.151. The summed E-state index contributed by atoms with van der Waals surface area (Å²) in [5.41, 5.74) is -2.33. The number of methoxy groups -OCH3 is 1. The summed E-state index contributed by atoms with van der Waals surface area (Å²) in [4.78, 5) is 36.1. The molecule has 7 heteroatoms. The molecular formula is C20H20O7. The predicted molar refractivity (Wildman–Crippen MR) is 95.3 cm³/mol. The van der Waals surface area contributed by atoms with Gasteiger partial charge in [-0.25, -0.2) is 4.79 Å². The van der Waals surface area contributed by atoms with Crippen LogP contribution in [0.25, 0.3) is 0 Å². The molecule has 0 aromatic heterocycles. The van der Waals surface area contributed by atoms with Crippen molar-refractivity contribution in [3.8, 4) is 0 Å². The summed E-state index contributed by atoms with van der Waals surface area (Å²) < 4.78 is 9.87. The molecule has 0 unspecified atom stereocenters. The van der Waals surface area contributed by atoms with Gasteiger partial charge in [0.25, 0.3) is 0 Å². The molecular weight excluding hydrogens is 352 g/mol. The minimum Gasteiger partial charge on any atom is -0.459 e. The Morgan fingerprint density at radius 1 is 1.04 bits per heavy atom. The second kappa shape index (κ2) is 9.18. The highest BCUT2D eigenvalue weighted by molar-refractivity contribution is 6.05. The molecule has 0 radical (unpaired) electrons. The number of rotatable bonds is 9. The molecule has 0 saturated carbocycles. The van der Waals surface area contributed by atoms with Crippen molar-refractivity contribution in [2.24, 2.45) is 0 Å². The summed E-state index contributed by atoms with van der Waals surface area (Å²) in [6, 6.07) is 15.7. The molecule has 0 aliphatic carbocycles. The summed E-state index contributed by atoms with van der Waals surface area (Å²) in [5.74, 6) is -1.67. The maximum atomic E-state index is 12.8. The molecule has 7 nitrogen and oxygen atoms in total. The molecule has 0 heterocycles. The Morgan fingerprint density at radius 3 is 2.04 bits per heavy atom. The monoisotopic (exact) mass is 372 g/mol. The zero-order valence-corrected chi connectivity index (χ0v) is 14.6. The quantitative estimate of drug-likeness (QED) is 0.384. The molecule has 0 aliphatic rings. The maximum Gasteiger partial charge on any atom is 0.338 e. The molecule has 0 amide bonds. The number of aliphatic hydroxyl groups excluding tert-OH is 1. The lowest BCUT2D eigenvalue weighted by Crippen LogP contribution is -2.61. The summed E-state index contributed by atoms with van der Waals surface area (Å²) in [6.45, 7) is -0.712. The van der Waals surface area contributed by atoms with Gasteiger partial charge >= 0.3 is 5.97 Å². The Labute approximate surface area is 156 Å². The van der Waals surface area contributed by atoms with Crippen LogP contribution in [0.2, 0.25) is 0 Å². The number of esters is 1. The van der Waals surface area contributed by atoms with Gasteiger partial charge in [-0.15, -0.1) is 0 Å². The van der Waals surface area contributed by atoms with Crippen LogP contribution in [0.3, 0.4) is 0 Å². The Morgan fingerprint density at radius 2 is 1.56 bits per heavy atom. The molecule has 0 bridgehead atoms. The fraction of sp³-hybridized carbons (Fsp3) is 0.250. The van der Waals surface area contributed by atoms with Gasteiger partial charge < -0.3 is 24.5 Å². The van der Waals surface area contributed by atoms with E-state index in [1.165, 1.54) is 24.3 Å². The average molecular weight is 372 g/mol. The van der Waals surface area contributed by atoms with Crippen molar-refractivity contribution < 1.29 is 34.1 Å². The number of Topliss-reactive ketones (excluding diaryl/α,β-unsaturated/α-hetero) is 1. The molecule has 2 aromatic rings. The summed E-state index contributed by atoms with van der Waals surface area (Å²) in [6.07, 6.45) is -3.34. The normalized spacial score (nSPS) is 15.2. The number of benzene rings is 2. The lowest BCUT2D eigenvalue weighted by atomic mass is 9.83. The Balaban J connectivity index is 2.23. The van der Waals surface area contributed by atoms with E-state index in [1.54, 1.807) is 36.4 Å². The van der Waals surface area contributed by atoms with Crippen LogP contribution in [0.5, 0.6) is 0 Å². The molecule has 0 fully saturated rings. The third-order valence-electron chi connectivity index (χ3n) is 4.10. The van der Waals surface area contributed by atoms with Crippen LogP contribution < -0.4 is 0 Å². The van der Waals surface area contributed by atoms with E-state index in [4.69, 9.17) is 9.47 Å². The van der Waals surface area contributed by atoms with Crippen LogP contribution in [-0.2, 0) is 14.3 Å². The van der Waals surface area contributed by atoms with E-state index in [1.807, 2.05) is 0 Å². The van der Waals surface area contributed by atoms with Gasteiger partial charge in [-0.3, -0.25) is 4.79 Å². The first kappa shape index (κ1) is 20.4. The Kier molecular flexibility index (Phi) is 6.95. The zero-order chi connectivity index (χ0) is 19.9. The van der Waals surface area contributed by atoms with Gasteiger partial charge in [0.05, 0.1) is 5.56 Å². The predicted octanol–water partition coefficient (Wildman–Crippen LogP) is 1.03. The lowest BCUT2D eigenvalue weighted by Gasteiger charge is -2.34. The van der Waals surface area contributed by atoms with Crippen molar-refractivity contribution in [3.05, 3.63) is 71.8 Å². The van der Waals surface area contributed by atoms with Crippen LogP contribution >= 0.6 is 0 Å². The van der Waals surface area contributed by atoms with E-state index < -0.39 is 36.2 Å². The second-order valence-electron chi connectivity index (χ2n) is 5.79. The van der Waals surface area contributed by atoms with Crippen LogP contribution in [0.15, 0.2) is 60.7 Å². The van der Waals surface area contributed by atoms with E-state index in [0.29, 0.717) is 0 Å². The van der Waals surface area contributed by atoms with Crippen molar-refractivity contribution in [3.63, 3.8) is 0 Å². The van der Waals surface area contributed by atoms with E-state index in [-0.39, 0.29) is 17.4 Å². The van der Waals surface area contributed by atoms with Gasteiger partial charge in [0.2, 0.25) is 0 Å². The zero-order valence-electron chi connectivity index (χ0n) is 14.6. The van der Waals surface area contributed by atoms with Crippen LogP contribution in [0.1, 0.15) is 20.7 Å². The SMILES string of the molecule is CO[C@@H](C=O)[C@@](O)(C(=O)c1ccccc1)[C@H](O)COC(=O)c1ccccc1. The first-order valence-electron chi connectivity index (χ1n) is 8.15. The van der Waals surface area contributed by atoms with Crippen LogP contribution in [-0.4, -0.2) is 59.8 Å². The van der Waals surface area contributed by atoms with E-state index >= 15 is 0 Å². The van der Waals surface area contributed by atoms with Crippen molar-refractivity contribution in [1.82, 2.24) is 0 Å². The second-order valence-corrected chi connectivity index (χ2v) is 5.79. The Bertz CT molecular complexity index is 775. The van der Waals surface area contributed by atoms with Gasteiger partial charge in [-0.2, -0.15) is 0 Å². The van der Waals surface area contributed by atoms with E-state index in [2.05, 4.69) is 0 Å². The molecule has 0 aliphatic heterocycles. The van der Waals surface area contributed by atoms with E-state index in [0.717, 1.165) is 7.11 Å². The van der Waals surface area contributed by atoms with Gasteiger partial charge in [0, 0.05) is 12.7 Å². The summed E-state index contributed by atoms with van der Waals surface area (Å²) in [7, 11) is 1.12. The number of carbonyl (C=O) groups excluding carboxylic acids is 3. The van der Waals surface area contributed by atoms with Gasteiger partial charge in [-0.05, 0) is 12.1 Å². The fourth-order valence-electron chi connectivity index (χ4n) is 2.57. The number of hydrogen-bond donors (Lipinski definition) is 2. The van der Waals surface area contributed by atoms with Crippen LogP contribution in [0, 0.1) is 0 Å². The Hall–Kier alpha value is -2.87. The van der Waals surface area contributed by atoms with Crippen molar-refractivity contribution >= 4 is 18.0 Å². The molecule has 2 aromatic carbocycles. The minimum absolute atomic E-state index is 0.0670. The molecule has 3 atom stereocenters. The summed E-state index contributed by atoms with van der Waals surface area (Å²) >= 11 is 0. The number of ketones is 1. The fourth-order valence-corrected chi connectivity index (χ4v) is 2.57.